The molecule has 4 nitrogen and oxygen atoms in total. The third kappa shape index (κ3) is 3.04. The van der Waals surface area contributed by atoms with Crippen molar-refractivity contribution >= 4 is 0 Å². The normalized spacial score (nSPS) is 13.5. The van der Waals surface area contributed by atoms with E-state index in [-0.39, 0.29) is 0 Å². The molecular weight excluding hydrogens is 188 g/mol. The van der Waals surface area contributed by atoms with Crippen LogP contribution >= 0.6 is 0 Å². The van der Waals surface area contributed by atoms with Gasteiger partial charge in [-0.2, -0.15) is 5.10 Å². The smallest absolute Gasteiger partial charge is 0.0596 e. The maximum atomic E-state index is 5.54. The monoisotopic (exact) mass is 210 g/mol. The van der Waals surface area contributed by atoms with E-state index in [1.54, 1.807) is 0 Å². The Morgan fingerprint density at radius 1 is 1.53 bits per heavy atom. The molecule has 0 aliphatic rings. The minimum absolute atomic E-state index is 0.311. The van der Waals surface area contributed by atoms with Crippen molar-refractivity contribution in [2.75, 3.05) is 0 Å². The molecule has 0 aliphatic heterocycles. The highest BCUT2D eigenvalue weighted by Gasteiger charge is 2.15. The highest BCUT2D eigenvalue weighted by atomic mass is 15.3. The Hall–Kier alpha value is -0.870. The number of aromatic nitrogens is 2. The van der Waals surface area contributed by atoms with Gasteiger partial charge in [0.2, 0.25) is 0 Å². The van der Waals surface area contributed by atoms with Crippen molar-refractivity contribution in [3.63, 3.8) is 0 Å². The summed E-state index contributed by atoms with van der Waals surface area (Å²) in [4.78, 5) is 0. The first-order valence-corrected chi connectivity index (χ1v) is 5.58. The number of rotatable bonds is 5. The van der Waals surface area contributed by atoms with Crippen LogP contribution in [0.15, 0.2) is 6.07 Å². The van der Waals surface area contributed by atoms with Gasteiger partial charge < -0.3 is 0 Å². The number of hydrazine groups is 1. The second-order valence-corrected chi connectivity index (χ2v) is 4.31. The Morgan fingerprint density at radius 2 is 2.20 bits per heavy atom. The SMILES string of the molecule is CCn1nc(C)cc1CC(NN)C(C)C. The summed E-state index contributed by atoms with van der Waals surface area (Å²) >= 11 is 0. The molecule has 3 N–H and O–H groups in total. The number of hydrogen-bond acceptors (Lipinski definition) is 3. The molecule has 0 fully saturated rings. The van der Waals surface area contributed by atoms with Gasteiger partial charge in [-0.3, -0.25) is 16.0 Å². The van der Waals surface area contributed by atoms with Crippen LogP contribution in [0.25, 0.3) is 0 Å². The summed E-state index contributed by atoms with van der Waals surface area (Å²) in [5, 5.41) is 4.42. The molecule has 0 bridgehead atoms. The van der Waals surface area contributed by atoms with E-state index in [0.717, 1.165) is 18.7 Å². The van der Waals surface area contributed by atoms with Crippen molar-refractivity contribution in [2.45, 2.75) is 46.7 Å². The second kappa shape index (κ2) is 5.28. The Labute approximate surface area is 91.8 Å². The van der Waals surface area contributed by atoms with E-state index in [2.05, 4.69) is 37.4 Å². The van der Waals surface area contributed by atoms with Gasteiger partial charge >= 0.3 is 0 Å². The number of nitrogens with zero attached hydrogens (tertiary/aromatic N) is 2. The molecule has 0 saturated carbocycles. The molecule has 0 saturated heterocycles. The van der Waals surface area contributed by atoms with Crippen LogP contribution < -0.4 is 11.3 Å². The van der Waals surface area contributed by atoms with E-state index in [1.165, 1.54) is 5.69 Å². The zero-order valence-corrected chi connectivity index (χ0v) is 10.1. The number of hydrogen-bond donors (Lipinski definition) is 2. The quantitative estimate of drug-likeness (QED) is 0.568. The van der Waals surface area contributed by atoms with Crippen LogP contribution in [-0.4, -0.2) is 15.8 Å². The largest absolute Gasteiger partial charge is 0.271 e. The van der Waals surface area contributed by atoms with Crippen LogP contribution in [0.2, 0.25) is 0 Å². The summed E-state index contributed by atoms with van der Waals surface area (Å²) in [6.07, 6.45) is 0.933. The van der Waals surface area contributed by atoms with Crippen LogP contribution in [0.1, 0.15) is 32.2 Å². The zero-order valence-electron chi connectivity index (χ0n) is 10.1. The molecule has 1 rings (SSSR count). The van der Waals surface area contributed by atoms with E-state index in [4.69, 9.17) is 5.84 Å². The van der Waals surface area contributed by atoms with Crippen LogP contribution in [0.3, 0.4) is 0 Å². The van der Waals surface area contributed by atoms with Crippen LogP contribution in [-0.2, 0) is 13.0 Å². The summed E-state index contributed by atoms with van der Waals surface area (Å²) in [6.45, 7) is 9.39. The van der Waals surface area contributed by atoms with Crippen LogP contribution in [0, 0.1) is 12.8 Å². The summed E-state index contributed by atoms with van der Waals surface area (Å²) in [5.41, 5.74) is 5.20. The summed E-state index contributed by atoms with van der Waals surface area (Å²) < 4.78 is 2.04. The van der Waals surface area contributed by atoms with Gasteiger partial charge in [-0.05, 0) is 25.8 Å². The van der Waals surface area contributed by atoms with Gasteiger partial charge in [0.25, 0.3) is 0 Å². The minimum Gasteiger partial charge on any atom is -0.271 e. The van der Waals surface area contributed by atoms with E-state index < -0.39 is 0 Å². The number of aryl methyl sites for hydroxylation is 2. The van der Waals surface area contributed by atoms with Crippen molar-refractivity contribution in [3.8, 4) is 0 Å². The fourth-order valence-electron chi connectivity index (χ4n) is 1.75. The fraction of sp³-hybridized carbons (Fsp3) is 0.727. The Kier molecular flexibility index (Phi) is 4.29. The molecule has 1 heterocycles. The van der Waals surface area contributed by atoms with Crippen molar-refractivity contribution in [3.05, 3.63) is 17.5 Å². The lowest BCUT2D eigenvalue weighted by atomic mass is 10.00. The van der Waals surface area contributed by atoms with Crippen LogP contribution in [0.4, 0.5) is 0 Å². The predicted octanol–water partition coefficient (Wildman–Crippen LogP) is 1.24. The molecule has 4 heteroatoms. The summed E-state index contributed by atoms with van der Waals surface area (Å²) in [7, 11) is 0. The predicted molar refractivity (Wildman–Crippen MR) is 62.3 cm³/mol. The Bertz CT molecular complexity index is 304. The van der Waals surface area contributed by atoms with Gasteiger partial charge in [0, 0.05) is 24.7 Å². The van der Waals surface area contributed by atoms with E-state index in [0.29, 0.717) is 12.0 Å². The van der Waals surface area contributed by atoms with E-state index >= 15 is 0 Å². The molecule has 86 valence electrons. The highest BCUT2D eigenvalue weighted by Crippen LogP contribution is 2.11. The summed E-state index contributed by atoms with van der Waals surface area (Å²) in [5.74, 6) is 6.06. The highest BCUT2D eigenvalue weighted by molar-refractivity contribution is 5.10. The van der Waals surface area contributed by atoms with Gasteiger partial charge in [-0.25, -0.2) is 0 Å². The molecule has 0 aliphatic carbocycles. The molecule has 1 atom stereocenters. The molecule has 0 spiro atoms. The Morgan fingerprint density at radius 3 is 2.67 bits per heavy atom. The molecule has 1 aromatic heterocycles. The molecule has 1 unspecified atom stereocenters. The molecule has 0 amide bonds. The van der Waals surface area contributed by atoms with E-state index in [1.807, 2.05) is 11.6 Å². The number of nitrogens with two attached hydrogens (primary N) is 1. The van der Waals surface area contributed by atoms with Gasteiger partial charge in [-0.15, -0.1) is 0 Å². The van der Waals surface area contributed by atoms with Crippen molar-refractivity contribution in [1.29, 1.82) is 0 Å². The first kappa shape index (κ1) is 12.2. The molecule has 15 heavy (non-hydrogen) atoms. The lowest BCUT2D eigenvalue weighted by Crippen LogP contribution is -2.41. The van der Waals surface area contributed by atoms with Gasteiger partial charge in [-0.1, -0.05) is 13.8 Å². The standard InChI is InChI=1S/C11H22N4/c1-5-15-10(6-9(4)14-15)7-11(13-12)8(2)3/h6,8,11,13H,5,7,12H2,1-4H3. The lowest BCUT2D eigenvalue weighted by molar-refractivity contribution is 0.394. The van der Waals surface area contributed by atoms with Crippen molar-refractivity contribution in [2.24, 2.45) is 11.8 Å². The third-order valence-electron chi connectivity index (χ3n) is 2.73. The molecular formula is C11H22N4. The first-order chi connectivity index (χ1) is 7.08. The van der Waals surface area contributed by atoms with Crippen molar-refractivity contribution in [1.82, 2.24) is 15.2 Å². The number of nitrogens with one attached hydrogen (secondary N) is 1. The molecule has 0 radical (unpaired) electrons. The maximum absolute atomic E-state index is 5.54. The first-order valence-electron chi connectivity index (χ1n) is 5.58. The van der Waals surface area contributed by atoms with Gasteiger partial charge in [0.1, 0.15) is 0 Å². The van der Waals surface area contributed by atoms with Gasteiger partial charge in [0.05, 0.1) is 5.69 Å². The zero-order chi connectivity index (χ0) is 11.4. The average molecular weight is 210 g/mol. The van der Waals surface area contributed by atoms with Gasteiger partial charge in [0.15, 0.2) is 0 Å². The molecule has 1 aromatic rings. The average Bonchev–Trinajstić information content (AvgIpc) is 2.54. The second-order valence-electron chi connectivity index (χ2n) is 4.31. The van der Waals surface area contributed by atoms with Crippen molar-refractivity contribution < 1.29 is 0 Å². The van der Waals surface area contributed by atoms with Crippen LogP contribution in [0.5, 0.6) is 0 Å². The van der Waals surface area contributed by atoms with E-state index in [9.17, 15) is 0 Å². The molecule has 0 aromatic carbocycles. The maximum Gasteiger partial charge on any atom is 0.0596 e. The third-order valence-corrected chi connectivity index (χ3v) is 2.73. The lowest BCUT2D eigenvalue weighted by Gasteiger charge is -2.19. The fourth-order valence-corrected chi connectivity index (χ4v) is 1.75. The topological polar surface area (TPSA) is 55.9 Å². The summed E-state index contributed by atoms with van der Waals surface area (Å²) in [6, 6.07) is 2.45. The Balaban J connectivity index is 2.77. The minimum atomic E-state index is 0.311.